The van der Waals surface area contributed by atoms with Crippen molar-refractivity contribution in [3.63, 3.8) is 0 Å². The SMILES string of the molecule is CCCN1CCC(CNC(=NC)NCc2ccccc2C)CC1. The molecular weight excluding hydrogens is 284 g/mol. The Morgan fingerprint density at radius 2 is 1.96 bits per heavy atom. The van der Waals surface area contributed by atoms with Crippen LogP contribution in [0.1, 0.15) is 37.3 Å². The number of guanidine groups is 1. The third-order valence-corrected chi connectivity index (χ3v) is 4.74. The van der Waals surface area contributed by atoms with Crippen molar-refractivity contribution in [3.8, 4) is 0 Å². The molecule has 0 spiro atoms. The molecule has 4 nitrogen and oxygen atoms in total. The van der Waals surface area contributed by atoms with Crippen molar-refractivity contribution >= 4 is 5.96 Å². The summed E-state index contributed by atoms with van der Waals surface area (Å²) in [5.41, 5.74) is 2.64. The lowest BCUT2D eigenvalue weighted by atomic mass is 9.97. The molecule has 128 valence electrons. The van der Waals surface area contributed by atoms with Gasteiger partial charge in [-0.25, -0.2) is 0 Å². The van der Waals surface area contributed by atoms with Crippen molar-refractivity contribution in [1.29, 1.82) is 0 Å². The van der Waals surface area contributed by atoms with Crippen LogP contribution in [0.15, 0.2) is 29.3 Å². The Bertz CT molecular complexity index is 490. The molecule has 1 aliphatic heterocycles. The third kappa shape index (κ3) is 5.87. The second kappa shape index (κ2) is 9.56. The first-order valence-corrected chi connectivity index (χ1v) is 8.94. The average molecular weight is 316 g/mol. The van der Waals surface area contributed by atoms with E-state index in [0.29, 0.717) is 0 Å². The zero-order valence-corrected chi connectivity index (χ0v) is 14.9. The van der Waals surface area contributed by atoms with Crippen LogP contribution >= 0.6 is 0 Å². The number of aliphatic imine (C=N–C) groups is 1. The molecule has 1 fully saturated rings. The van der Waals surface area contributed by atoms with Gasteiger partial charge < -0.3 is 15.5 Å². The van der Waals surface area contributed by atoms with Crippen LogP contribution in [0, 0.1) is 12.8 Å². The molecule has 0 atom stereocenters. The minimum atomic E-state index is 0.764. The van der Waals surface area contributed by atoms with Crippen LogP contribution < -0.4 is 10.6 Å². The summed E-state index contributed by atoms with van der Waals surface area (Å²) in [6.07, 6.45) is 3.85. The lowest BCUT2D eigenvalue weighted by Crippen LogP contribution is -2.42. The molecule has 0 radical (unpaired) electrons. The standard InChI is InChI=1S/C19H32N4/c1-4-11-23-12-9-17(10-13-23)14-21-19(20-3)22-15-18-8-6-5-7-16(18)2/h5-8,17H,4,9-15H2,1-3H3,(H2,20,21,22). The molecule has 1 aliphatic rings. The lowest BCUT2D eigenvalue weighted by Gasteiger charge is -2.32. The summed E-state index contributed by atoms with van der Waals surface area (Å²) < 4.78 is 0. The van der Waals surface area contributed by atoms with Crippen LogP contribution in [0.3, 0.4) is 0 Å². The summed E-state index contributed by atoms with van der Waals surface area (Å²) >= 11 is 0. The summed E-state index contributed by atoms with van der Waals surface area (Å²) in [5, 5.41) is 6.92. The van der Waals surface area contributed by atoms with E-state index in [1.807, 2.05) is 7.05 Å². The van der Waals surface area contributed by atoms with E-state index >= 15 is 0 Å². The van der Waals surface area contributed by atoms with E-state index in [1.165, 1.54) is 50.0 Å². The summed E-state index contributed by atoms with van der Waals surface area (Å²) in [7, 11) is 1.84. The van der Waals surface area contributed by atoms with E-state index in [1.54, 1.807) is 0 Å². The van der Waals surface area contributed by atoms with Gasteiger partial charge in [-0.1, -0.05) is 31.2 Å². The highest BCUT2D eigenvalue weighted by molar-refractivity contribution is 5.79. The zero-order valence-electron chi connectivity index (χ0n) is 14.9. The maximum atomic E-state index is 4.35. The first-order chi connectivity index (χ1) is 11.2. The number of hydrogen-bond acceptors (Lipinski definition) is 2. The van der Waals surface area contributed by atoms with Gasteiger partial charge in [-0.15, -0.1) is 0 Å². The summed E-state index contributed by atoms with van der Waals surface area (Å²) in [4.78, 5) is 6.93. The Labute approximate surface area is 141 Å². The monoisotopic (exact) mass is 316 g/mol. The van der Waals surface area contributed by atoms with Gasteiger partial charge in [-0.2, -0.15) is 0 Å². The minimum absolute atomic E-state index is 0.764. The van der Waals surface area contributed by atoms with Gasteiger partial charge in [0.15, 0.2) is 5.96 Å². The smallest absolute Gasteiger partial charge is 0.191 e. The molecule has 0 unspecified atom stereocenters. The molecule has 0 aliphatic carbocycles. The van der Waals surface area contributed by atoms with Crippen LogP contribution in [0.2, 0.25) is 0 Å². The van der Waals surface area contributed by atoms with Crippen LogP contribution in [0.25, 0.3) is 0 Å². The highest BCUT2D eigenvalue weighted by Crippen LogP contribution is 2.16. The summed E-state index contributed by atoms with van der Waals surface area (Å²) in [6.45, 7) is 9.99. The van der Waals surface area contributed by atoms with Gasteiger partial charge in [0, 0.05) is 20.1 Å². The number of hydrogen-bond donors (Lipinski definition) is 2. The molecular formula is C19H32N4. The van der Waals surface area contributed by atoms with Gasteiger partial charge >= 0.3 is 0 Å². The first-order valence-electron chi connectivity index (χ1n) is 8.94. The number of nitrogens with zero attached hydrogens (tertiary/aromatic N) is 2. The van der Waals surface area contributed by atoms with E-state index in [9.17, 15) is 0 Å². The van der Waals surface area contributed by atoms with Gasteiger partial charge in [-0.3, -0.25) is 4.99 Å². The number of nitrogens with one attached hydrogen (secondary N) is 2. The molecule has 0 bridgehead atoms. The van der Waals surface area contributed by atoms with Crippen molar-refractivity contribution in [1.82, 2.24) is 15.5 Å². The number of benzene rings is 1. The van der Waals surface area contributed by atoms with Gasteiger partial charge in [0.2, 0.25) is 0 Å². The fourth-order valence-corrected chi connectivity index (χ4v) is 3.18. The van der Waals surface area contributed by atoms with Crippen LogP contribution in [-0.2, 0) is 6.54 Å². The molecule has 1 heterocycles. The van der Waals surface area contributed by atoms with E-state index in [4.69, 9.17) is 0 Å². The number of piperidine rings is 1. The quantitative estimate of drug-likeness (QED) is 0.626. The molecule has 23 heavy (non-hydrogen) atoms. The Morgan fingerprint density at radius 3 is 2.61 bits per heavy atom. The maximum absolute atomic E-state index is 4.35. The highest BCUT2D eigenvalue weighted by Gasteiger charge is 2.18. The van der Waals surface area contributed by atoms with Gasteiger partial charge in [0.25, 0.3) is 0 Å². The molecule has 0 amide bonds. The minimum Gasteiger partial charge on any atom is -0.356 e. The molecule has 2 rings (SSSR count). The largest absolute Gasteiger partial charge is 0.356 e. The van der Waals surface area contributed by atoms with Crippen LogP contribution in [-0.4, -0.2) is 44.1 Å². The molecule has 4 heteroatoms. The Hall–Kier alpha value is -1.55. The van der Waals surface area contributed by atoms with E-state index in [0.717, 1.165) is 25.0 Å². The Morgan fingerprint density at radius 1 is 1.22 bits per heavy atom. The predicted octanol–water partition coefficient (Wildman–Crippen LogP) is 2.78. The van der Waals surface area contributed by atoms with Crippen molar-refractivity contribution in [2.45, 2.75) is 39.7 Å². The molecule has 1 saturated heterocycles. The predicted molar refractivity (Wildman–Crippen MR) is 98.8 cm³/mol. The topological polar surface area (TPSA) is 39.7 Å². The van der Waals surface area contributed by atoms with Crippen LogP contribution in [0.5, 0.6) is 0 Å². The molecule has 2 N–H and O–H groups in total. The van der Waals surface area contributed by atoms with Crippen LogP contribution in [0.4, 0.5) is 0 Å². The molecule has 0 aromatic heterocycles. The van der Waals surface area contributed by atoms with Gasteiger partial charge in [0.05, 0.1) is 0 Å². The highest BCUT2D eigenvalue weighted by atomic mass is 15.2. The van der Waals surface area contributed by atoms with E-state index < -0.39 is 0 Å². The van der Waals surface area contributed by atoms with Gasteiger partial charge in [0.1, 0.15) is 0 Å². The zero-order chi connectivity index (χ0) is 16.5. The molecule has 1 aromatic rings. The van der Waals surface area contributed by atoms with Crippen molar-refractivity contribution in [2.75, 3.05) is 33.2 Å². The third-order valence-electron chi connectivity index (χ3n) is 4.74. The number of rotatable bonds is 6. The van der Waals surface area contributed by atoms with Crippen molar-refractivity contribution in [2.24, 2.45) is 10.9 Å². The van der Waals surface area contributed by atoms with Gasteiger partial charge in [-0.05, 0) is 62.9 Å². The average Bonchev–Trinajstić information content (AvgIpc) is 2.58. The molecule has 1 aromatic carbocycles. The summed E-state index contributed by atoms with van der Waals surface area (Å²) in [5.74, 6) is 1.67. The normalized spacial score (nSPS) is 17.3. The second-order valence-corrected chi connectivity index (χ2v) is 6.52. The Balaban J connectivity index is 1.71. The van der Waals surface area contributed by atoms with Crippen molar-refractivity contribution < 1.29 is 0 Å². The number of likely N-dealkylation sites (tertiary alicyclic amines) is 1. The first kappa shape index (κ1) is 17.8. The van der Waals surface area contributed by atoms with Crippen molar-refractivity contribution in [3.05, 3.63) is 35.4 Å². The fraction of sp³-hybridized carbons (Fsp3) is 0.632. The number of aryl methyl sites for hydroxylation is 1. The Kier molecular flexibility index (Phi) is 7.40. The molecule has 0 saturated carbocycles. The summed E-state index contributed by atoms with van der Waals surface area (Å²) in [6, 6.07) is 8.48. The fourth-order valence-electron chi connectivity index (χ4n) is 3.18. The van der Waals surface area contributed by atoms with E-state index in [2.05, 4.69) is 58.6 Å². The lowest BCUT2D eigenvalue weighted by molar-refractivity contribution is 0.185. The maximum Gasteiger partial charge on any atom is 0.191 e. The van der Waals surface area contributed by atoms with E-state index in [-0.39, 0.29) is 0 Å². The second-order valence-electron chi connectivity index (χ2n) is 6.52.